The molecule has 4 fully saturated rings. The number of unbranched alkanes of at least 4 members (excludes halogenated alkanes) is 2. The zero-order valence-corrected chi connectivity index (χ0v) is 71.5. The maximum absolute atomic E-state index is 14.1. The number of nitrogens with two attached hydrogens (primary N) is 2. The maximum Gasteiger partial charge on any atom is 0.305 e. The van der Waals surface area contributed by atoms with E-state index < -0.39 is 145 Å². The third-order valence-corrected chi connectivity index (χ3v) is 21.9. The van der Waals surface area contributed by atoms with E-state index in [0.29, 0.717) is 143 Å². The number of likely N-dealkylation sites (N-methyl/N-ethyl adjacent to an activating group) is 1. The van der Waals surface area contributed by atoms with Gasteiger partial charge in [0.15, 0.2) is 11.9 Å². The molecule has 4 saturated heterocycles. The molecule has 5 aliphatic rings. The predicted molar refractivity (Wildman–Crippen MR) is 456 cm³/mol. The summed E-state index contributed by atoms with van der Waals surface area (Å²) in [6.45, 7) is 9.59. The summed E-state index contributed by atoms with van der Waals surface area (Å²) in [6.07, 6.45) is 6.64. The molecule has 11 amide bonds. The van der Waals surface area contributed by atoms with Gasteiger partial charge >= 0.3 is 11.9 Å². The van der Waals surface area contributed by atoms with Crippen LogP contribution in [-0.2, 0) is 88.5 Å². The Morgan fingerprint density at radius 3 is 1.60 bits per heavy atom. The van der Waals surface area contributed by atoms with E-state index in [0.717, 1.165) is 0 Å². The smallest absolute Gasteiger partial charge is 0.305 e. The molecule has 5 aromatic rings. The number of H-pyrrole nitrogens is 1. The van der Waals surface area contributed by atoms with E-state index in [1.807, 2.05) is 16.7 Å². The first-order valence-corrected chi connectivity index (χ1v) is 42.5. The predicted octanol–water partition coefficient (Wildman–Crippen LogP) is -3.53. The summed E-state index contributed by atoms with van der Waals surface area (Å²) in [4.78, 5) is 181. The van der Waals surface area contributed by atoms with Gasteiger partial charge in [-0.15, -0.1) is 10.2 Å². The number of guanidine groups is 2. The SMILES string of the molecule is CCN(CCNC(=O)c1c(C)[nH]c(/C=C2\C(=O)Nc3ccc(F)cc32)c1C)CCOCCOCCNC(=O)c1cc(OCc2cn(CCCCN3C[C@@H]4C[C@H]3C(=O)N[C@@H](CCCNC(=N)N)C(=O)NCC(=O)N[C@@H](CC(=O)O)C(=O)N4)nn2)cc(OCc2cn(CCCCN3C[C@@H]4C[C@H]3C(=O)N[C@@H](CCCNC(=N)N)C(=O)NCC(=O)N[C@@H](CC(=O)O)C(=O)N4)nn2)c1. The van der Waals surface area contributed by atoms with E-state index in [-0.39, 0.29) is 138 Å². The van der Waals surface area contributed by atoms with Crippen molar-refractivity contribution in [3.05, 3.63) is 99.6 Å². The van der Waals surface area contributed by atoms with Crippen molar-refractivity contribution in [2.45, 2.75) is 172 Å². The Morgan fingerprint density at radius 1 is 0.586 bits per heavy atom. The van der Waals surface area contributed by atoms with Gasteiger partial charge < -0.3 is 115 Å². The second kappa shape index (κ2) is 47.9. The van der Waals surface area contributed by atoms with Crippen LogP contribution in [0.4, 0.5) is 10.1 Å². The molecule has 0 saturated carbocycles. The molecule has 46 nitrogen and oxygen atoms in total. The van der Waals surface area contributed by atoms with E-state index in [9.17, 15) is 76.9 Å². The van der Waals surface area contributed by atoms with Gasteiger partial charge in [0.25, 0.3) is 17.7 Å². The summed E-state index contributed by atoms with van der Waals surface area (Å²) in [5.41, 5.74) is 15.4. The lowest BCUT2D eigenvalue weighted by atomic mass is 10.0. The number of amides is 11. The van der Waals surface area contributed by atoms with Gasteiger partial charge in [0, 0.05) is 112 Å². The lowest BCUT2D eigenvalue weighted by molar-refractivity contribution is -0.141. The molecule has 47 heteroatoms. The van der Waals surface area contributed by atoms with Crippen molar-refractivity contribution in [3.63, 3.8) is 0 Å². The number of likely N-dealkylation sites (tertiary alicyclic amines) is 2. The van der Waals surface area contributed by atoms with Gasteiger partial charge in [-0.05, 0) is 140 Å². The lowest BCUT2D eigenvalue weighted by Gasteiger charge is -2.26. The standard InChI is InChI=1S/C81H114FN27O19/c1-4-105(23-17-87-79(124)70-46(2)61(93-47(70)3)35-57-56-31-49(82)13-14-58(56)98-72(57)117)24-26-126-28-27-125-25-18-88-71(116)48-29-54(127-44-52-42-108(103-101-52)21-7-5-19-106-40-50-32-64(106)77(122)99-59(11-9-15-89-80(83)84)73(118)91-38-66(110)96-62(36-68(112)113)75(120)94-50)34-55(30-48)128-45-53-43-109(104-102-53)22-8-6-20-107-41-51-33-65(107)78(123)100-60(12-10-16-90-81(85)86)74(119)92-39-67(111)97-63(37-69(114)115)76(121)95-51/h13-14,29-31,34-35,42-43,50-51,59-60,62-65,93H,4-12,15-28,32-33,36-41,44-45H2,1-3H3,(H,87,124)(H,88,116)(H,91,118)(H,92,119)(H,94,120)(H,95,121)(H,96,110)(H,97,111)(H,98,117)(H,99,122)(H,100,123)(H,112,113)(H,114,115)(H4,83,84,89)(H4,85,86,90)/b57-35-/t50-,51-,59-,60-,62-,63-,64-,65-/m0/s1. The highest BCUT2D eigenvalue weighted by molar-refractivity contribution is 6.35. The number of carboxylic acid groups (broad SMARTS) is 2. The summed E-state index contributed by atoms with van der Waals surface area (Å²) in [7, 11) is 0. The molecular formula is C81H114FN27O19. The third kappa shape index (κ3) is 29.7. The summed E-state index contributed by atoms with van der Waals surface area (Å²) in [5.74, 6) is -9.98. The van der Waals surface area contributed by atoms with E-state index in [2.05, 4.69) is 99.6 Å². The topological polar surface area (TPSA) is 642 Å². The van der Waals surface area contributed by atoms with Crippen LogP contribution in [0, 0.1) is 30.5 Å². The van der Waals surface area contributed by atoms with Crippen molar-refractivity contribution in [1.29, 1.82) is 10.8 Å². The number of nitrogens with one attached hydrogen (secondary N) is 16. The number of benzene rings is 2. The average Bonchev–Trinajstić information content (AvgIpc) is 1.63. The van der Waals surface area contributed by atoms with Crippen molar-refractivity contribution in [1.82, 2.24) is 113 Å². The first-order valence-electron chi connectivity index (χ1n) is 42.5. The van der Waals surface area contributed by atoms with E-state index in [1.54, 1.807) is 47.7 Å². The van der Waals surface area contributed by atoms with E-state index in [1.165, 1.54) is 30.3 Å². The number of carbonyl (C=O) groups is 13. The van der Waals surface area contributed by atoms with Crippen molar-refractivity contribution in [3.8, 4) is 11.5 Å². The minimum absolute atomic E-state index is 0.105. The number of aromatic amines is 1. The highest BCUT2D eigenvalue weighted by atomic mass is 19.1. The monoisotopic (exact) mass is 1790 g/mol. The van der Waals surface area contributed by atoms with Crippen molar-refractivity contribution in [2.24, 2.45) is 11.5 Å². The number of hydrogen-bond acceptors (Lipinski definition) is 26. The minimum Gasteiger partial charge on any atom is -0.487 e. The Hall–Kier alpha value is -13.3. The minimum atomic E-state index is -1.47. The number of anilines is 1. The number of fused-ring (bicyclic) bond motifs is 5. The highest BCUT2D eigenvalue weighted by Gasteiger charge is 2.43. The number of aryl methyl sites for hydroxylation is 3. The lowest BCUT2D eigenvalue weighted by Crippen LogP contribution is -2.55. The summed E-state index contributed by atoms with van der Waals surface area (Å²) < 4.78 is 41.6. The fourth-order valence-electron chi connectivity index (χ4n) is 15.4. The molecular weight excluding hydrogens is 1670 g/mol. The molecule has 0 radical (unpaired) electrons. The quantitative estimate of drug-likeness (QED) is 0.00778. The van der Waals surface area contributed by atoms with Crippen molar-refractivity contribution in [2.75, 3.05) is 117 Å². The van der Waals surface area contributed by atoms with Crippen molar-refractivity contribution >= 4 is 106 Å². The molecule has 4 bridgehead atoms. The Kier molecular flexibility index (Phi) is 36.3. The molecule has 10 rings (SSSR count). The zero-order valence-electron chi connectivity index (χ0n) is 71.5. The number of aliphatic carboxylic acids is 2. The molecule has 2 aromatic carbocycles. The second-order valence-corrected chi connectivity index (χ2v) is 31.5. The van der Waals surface area contributed by atoms with Gasteiger partial charge in [0.2, 0.25) is 47.3 Å². The first-order chi connectivity index (χ1) is 61.4. The van der Waals surface area contributed by atoms with E-state index in [4.69, 9.17) is 41.2 Å². The van der Waals surface area contributed by atoms with Crippen LogP contribution in [0.15, 0.2) is 48.8 Å². The van der Waals surface area contributed by atoms with Gasteiger partial charge in [-0.2, -0.15) is 0 Å². The Bertz CT molecular complexity index is 4650. The van der Waals surface area contributed by atoms with Crippen LogP contribution >= 0.6 is 0 Å². The van der Waals surface area contributed by atoms with Crippen LogP contribution in [0.1, 0.15) is 139 Å². The Labute approximate surface area is 735 Å². The second-order valence-electron chi connectivity index (χ2n) is 31.5. The molecule has 5 aliphatic heterocycles. The summed E-state index contributed by atoms with van der Waals surface area (Å²) >= 11 is 0. The molecule has 0 aliphatic carbocycles. The van der Waals surface area contributed by atoms with Crippen LogP contribution in [0.25, 0.3) is 11.6 Å². The first kappa shape index (κ1) is 96.9. The number of carbonyl (C=O) groups excluding carboxylic acids is 11. The van der Waals surface area contributed by atoms with Crippen molar-refractivity contribution < 1.29 is 95.9 Å². The molecule has 22 N–H and O–H groups in total. The number of ether oxygens (including phenoxy) is 4. The normalized spacial score (nSPS) is 20.4. The molecule has 694 valence electrons. The van der Waals surface area contributed by atoms with E-state index >= 15 is 0 Å². The maximum atomic E-state index is 14.1. The molecule has 0 unspecified atom stereocenters. The van der Waals surface area contributed by atoms with Gasteiger partial charge in [-0.3, -0.25) is 97.2 Å². The zero-order chi connectivity index (χ0) is 91.9. The fourth-order valence-corrected chi connectivity index (χ4v) is 15.4. The summed E-state index contributed by atoms with van der Waals surface area (Å²) in [5, 5.41) is 86.3. The van der Waals surface area contributed by atoms with Gasteiger partial charge in [-0.25, -0.2) is 4.39 Å². The number of nitrogens with zero attached hydrogens (tertiary/aromatic N) is 9. The Morgan fingerprint density at radius 2 is 1.09 bits per heavy atom. The molecule has 3 aromatic heterocycles. The highest BCUT2D eigenvalue weighted by Crippen LogP contribution is 2.35. The number of halogens is 1. The van der Waals surface area contributed by atoms with Gasteiger partial charge in [0.1, 0.15) is 66.1 Å². The van der Waals surface area contributed by atoms with Gasteiger partial charge in [-0.1, -0.05) is 17.4 Å². The number of aromatic nitrogens is 7. The van der Waals surface area contributed by atoms with Crippen LogP contribution < -0.4 is 90.1 Å². The molecule has 0 spiro atoms. The number of rotatable bonds is 44. The number of carboxylic acids is 2. The van der Waals surface area contributed by atoms with Gasteiger partial charge in [0.05, 0.1) is 88.0 Å². The number of hydrogen-bond donors (Lipinski definition) is 20. The largest absolute Gasteiger partial charge is 0.487 e. The van der Waals surface area contributed by atoms with Crippen LogP contribution in [-0.4, -0.2) is 309 Å². The van der Waals surface area contributed by atoms with Crippen LogP contribution in [0.3, 0.4) is 0 Å². The average molecular weight is 1790 g/mol. The molecule has 8 atom stereocenters. The molecule has 8 heterocycles. The molecule has 128 heavy (non-hydrogen) atoms. The third-order valence-electron chi connectivity index (χ3n) is 21.9. The Balaban J connectivity index is 0.726. The van der Waals surface area contributed by atoms with Crippen LogP contribution in [0.5, 0.6) is 11.5 Å². The van der Waals surface area contributed by atoms with Crippen LogP contribution in [0.2, 0.25) is 0 Å². The summed E-state index contributed by atoms with van der Waals surface area (Å²) in [6, 6.07) is 0.653. The fraction of sp³-hybridized carbons (Fsp3) is 0.543.